The number of benzene rings is 2. The van der Waals surface area contributed by atoms with Crippen LogP contribution < -0.4 is 15.0 Å². The molecule has 0 aromatic heterocycles. The molecule has 3 fully saturated rings. The van der Waals surface area contributed by atoms with Crippen molar-refractivity contribution < 1.29 is 24.2 Å². The molecule has 11 heteroatoms. The predicted molar refractivity (Wildman–Crippen MR) is 130 cm³/mol. The van der Waals surface area contributed by atoms with Crippen molar-refractivity contribution in [3.63, 3.8) is 0 Å². The molecule has 4 heterocycles. The number of aliphatic hydroxyl groups is 1. The van der Waals surface area contributed by atoms with Gasteiger partial charge in [0.1, 0.15) is 11.3 Å². The van der Waals surface area contributed by atoms with E-state index in [1.54, 1.807) is 30.0 Å². The number of halogens is 3. The van der Waals surface area contributed by atoms with Crippen molar-refractivity contribution in [3.8, 4) is 5.75 Å². The first-order chi connectivity index (χ1) is 16.5. The van der Waals surface area contributed by atoms with Crippen molar-refractivity contribution in [3.05, 3.63) is 51.0 Å². The summed E-state index contributed by atoms with van der Waals surface area (Å²) in [4.78, 5) is 44.6. The van der Waals surface area contributed by atoms with Gasteiger partial charge < -0.3 is 15.2 Å². The van der Waals surface area contributed by atoms with E-state index in [0.717, 1.165) is 4.90 Å². The number of hydrogen-bond donors (Lipinski definition) is 2. The van der Waals surface area contributed by atoms with E-state index in [0.29, 0.717) is 27.0 Å². The van der Waals surface area contributed by atoms with Crippen LogP contribution in [0.1, 0.15) is 18.9 Å². The molecular formula is C24H20Cl3N3O5. The highest BCUT2D eigenvalue weighted by Gasteiger charge is 2.76. The maximum atomic E-state index is 14.1. The van der Waals surface area contributed by atoms with Crippen molar-refractivity contribution in [2.24, 2.45) is 11.8 Å². The second-order valence-electron chi connectivity index (χ2n) is 9.79. The monoisotopic (exact) mass is 535 g/mol. The van der Waals surface area contributed by atoms with Crippen LogP contribution >= 0.6 is 34.8 Å². The van der Waals surface area contributed by atoms with E-state index in [2.05, 4.69) is 5.32 Å². The topological polar surface area (TPSA) is 99.2 Å². The van der Waals surface area contributed by atoms with Gasteiger partial charge in [0.15, 0.2) is 0 Å². The molecule has 3 amide bonds. The lowest BCUT2D eigenvalue weighted by atomic mass is 9.74. The van der Waals surface area contributed by atoms with Crippen molar-refractivity contribution in [1.82, 2.24) is 4.90 Å². The first kappa shape index (κ1) is 23.1. The van der Waals surface area contributed by atoms with E-state index < -0.39 is 46.7 Å². The molecule has 4 unspecified atom stereocenters. The SMILES string of the molecule is COc1cc(Cl)cc(N2C(=O)C3C4C[C@](C)(O)CN4C4(C(=O)Nc5c(Cl)cc(Cl)cc54)C3C2=O)c1. The van der Waals surface area contributed by atoms with E-state index in [1.807, 2.05) is 0 Å². The average Bonchev–Trinajstić information content (AvgIpc) is 3.41. The van der Waals surface area contributed by atoms with Gasteiger partial charge in [0, 0.05) is 34.3 Å². The van der Waals surface area contributed by atoms with Gasteiger partial charge in [0.25, 0.3) is 5.91 Å². The summed E-state index contributed by atoms with van der Waals surface area (Å²) in [6, 6.07) is 7.19. The second kappa shape index (κ2) is 7.33. The molecule has 0 radical (unpaired) electrons. The van der Waals surface area contributed by atoms with Gasteiger partial charge in [-0.1, -0.05) is 34.8 Å². The Labute approximate surface area is 215 Å². The van der Waals surface area contributed by atoms with Crippen LogP contribution in [0.4, 0.5) is 11.4 Å². The smallest absolute Gasteiger partial charge is 0.250 e. The highest BCUT2D eigenvalue weighted by Crippen LogP contribution is 2.62. The van der Waals surface area contributed by atoms with Gasteiger partial charge in [0.05, 0.1) is 40.9 Å². The summed E-state index contributed by atoms with van der Waals surface area (Å²) in [6.07, 6.45) is 0.221. The quantitative estimate of drug-likeness (QED) is 0.571. The fraction of sp³-hybridized carbons (Fsp3) is 0.375. The van der Waals surface area contributed by atoms with Crippen molar-refractivity contribution >= 4 is 63.9 Å². The Morgan fingerprint density at radius 3 is 2.49 bits per heavy atom. The normalized spacial score (nSPS) is 33.4. The van der Waals surface area contributed by atoms with Gasteiger partial charge in [0.2, 0.25) is 11.8 Å². The molecule has 0 saturated carbocycles. The van der Waals surface area contributed by atoms with E-state index >= 15 is 0 Å². The molecule has 4 aliphatic heterocycles. The molecule has 3 saturated heterocycles. The zero-order chi connectivity index (χ0) is 25.0. The Morgan fingerprint density at radius 2 is 1.77 bits per heavy atom. The average molecular weight is 537 g/mol. The van der Waals surface area contributed by atoms with Crippen molar-refractivity contribution in [2.45, 2.75) is 30.5 Å². The maximum absolute atomic E-state index is 14.1. The predicted octanol–water partition coefficient (Wildman–Crippen LogP) is 3.45. The molecular weight excluding hydrogens is 517 g/mol. The maximum Gasteiger partial charge on any atom is 0.250 e. The number of methoxy groups -OCH3 is 1. The molecule has 5 atom stereocenters. The van der Waals surface area contributed by atoms with Gasteiger partial charge in [-0.3, -0.25) is 19.3 Å². The van der Waals surface area contributed by atoms with Crippen LogP contribution in [0, 0.1) is 11.8 Å². The molecule has 2 aromatic carbocycles. The standard InChI is InChI=1S/C24H20Cl3N3O5/c1-23(34)8-16-17-18(21(32)30(20(17)31)12-3-10(25)4-13(7-12)35-2)24(29(16)9-23)14-5-11(26)6-15(27)19(14)28-22(24)33/h3-7,16-18,34H,8-9H2,1-2H3,(H,28,33)/t16?,17?,18?,23-,24?/m0/s1. The van der Waals surface area contributed by atoms with Crippen LogP contribution in [0.15, 0.2) is 30.3 Å². The van der Waals surface area contributed by atoms with E-state index in [1.165, 1.54) is 19.2 Å². The first-order valence-corrected chi connectivity index (χ1v) is 12.2. The molecule has 4 aliphatic rings. The lowest BCUT2D eigenvalue weighted by Crippen LogP contribution is -2.55. The van der Waals surface area contributed by atoms with Crippen LogP contribution in [-0.2, 0) is 19.9 Å². The molecule has 0 aliphatic carbocycles. The summed E-state index contributed by atoms with van der Waals surface area (Å²) in [5.74, 6) is -2.99. The number of imide groups is 1. The lowest BCUT2D eigenvalue weighted by Gasteiger charge is -2.37. The number of ether oxygens (including phenoxy) is 1. The minimum Gasteiger partial charge on any atom is -0.497 e. The third-order valence-corrected chi connectivity index (χ3v) is 8.36. The van der Waals surface area contributed by atoms with Crippen molar-refractivity contribution in [1.29, 1.82) is 0 Å². The number of nitrogens with one attached hydrogen (secondary N) is 1. The van der Waals surface area contributed by atoms with E-state index in [4.69, 9.17) is 39.5 Å². The fourth-order valence-electron chi connectivity index (χ4n) is 6.49. The molecule has 1 spiro atoms. The van der Waals surface area contributed by atoms with Gasteiger partial charge in [-0.2, -0.15) is 0 Å². The highest BCUT2D eigenvalue weighted by molar-refractivity contribution is 6.38. The number of fused-ring (bicyclic) bond motifs is 7. The third-order valence-electron chi connectivity index (χ3n) is 7.63. The van der Waals surface area contributed by atoms with Gasteiger partial charge in [-0.05, 0) is 37.6 Å². The summed E-state index contributed by atoms with van der Waals surface area (Å²) in [5, 5.41) is 14.6. The largest absolute Gasteiger partial charge is 0.497 e. The summed E-state index contributed by atoms with van der Waals surface area (Å²) in [5.41, 5.74) is -1.67. The second-order valence-corrected chi connectivity index (χ2v) is 11.1. The van der Waals surface area contributed by atoms with Crippen LogP contribution in [0.25, 0.3) is 0 Å². The summed E-state index contributed by atoms with van der Waals surface area (Å²) >= 11 is 19.0. The van der Waals surface area contributed by atoms with Crippen molar-refractivity contribution in [2.75, 3.05) is 23.9 Å². The van der Waals surface area contributed by atoms with Gasteiger partial charge in [-0.25, -0.2) is 4.90 Å². The Kier molecular flexibility index (Phi) is 4.83. The Balaban J connectivity index is 1.58. The zero-order valence-corrected chi connectivity index (χ0v) is 20.9. The van der Waals surface area contributed by atoms with Crippen LogP contribution in [-0.4, -0.2) is 53.0 Å². The van der Waals surface area contributed by atoms with E-state index in [9.17, 15) is 19.5 Å². The minimum absolute atomic E-state index is 0.104. The fourth-order valence-corrected chi connectivity index (χ4v) is 7.25. The molecule has 2 N–H and O–H groups in total. The summed E-state index contributed by atoms with van der Waals surface area (Å²) in [7, 11) is 1.46. The number of amides is 3. The first-order valence-electron chi connectivity index (χ1n) is 11.0. The number of carbonyl (C=O) groups is 3. The number of hydrogen-bond acceptors (Lipinski definition) is 6. The number of carbonyl (C=O) groups excluding carboxylic acids is 3. The summed E-state index contributed by atoms with van der Waals surface area (Å²) in [6.45, 7) is 1.76. The Morgan fingerprint density at radius 1 is 1.06 bits per heavy atom. The molecule has 2 aromatic rings. The zero-order valence-electron chi connectivity index (χ0n) is 18.6. The Hall–Kier alpha value is -2.36. The van der Waals surface area contributed by atoms with Gasteiger partial charge in [-0.15, -0.1) is 0 Å². The highest BCUT2D eigenvalue weighted by atomic mass is 35.5. The van der Waals surface area contributed by atoms with Crippen LogP contribution in [0.2, 0.25) is 15.1 Å². The summed E-state index contributed by atoms with van der Waals surface area (Å²) < 4.78 is 5.27. The Bertz CT molecular complexity index is 1350. The minimum atomic E-state index is -1.55. The van der Waals surface area contributed by atoms with Crippen LogP contribution in [0.5, 0.6) is 5.75 Å². The third kappa shape index (κ3) is 2.92. The van der Waals surface area contributed by atoms with Gasteiger partial charge >= 0.3 is 0 Å². The molecule has 8 nitrogen and oxygen atoms in total. The van der Waals surface area contributed by atoms with Crippen LogP contribution in [0.3, 0.4) is 0 Å². The molecule has 0 bridgehead atoms. The molecule has 6 rings (SSSR count). The number of anilines is 2. The lowest BCUT2D eigenvalue weighted by molar-refractivity contribution is -0.136. The molecule has 35 heavy (non-hydrogen) atoms. The van der Waals surface area contributed by atoms with E-state index in [-0.39, 0.29) is 23.7 Å². The number of nitrogens with zero attached hydrogens (tertiary/aromatic N) is 2. The number of rotatable bonds is 2. The molecule has 182 valence electrons.